The fraction of sp³-hybridized carbons (Fsp3) is 0.0909. The van der Waals surface area contributed by atoms with Crippen molar-refractivity contribution in [1.29, 1.82) is 5.26 Å². The lowest BCUT2D eigenvalue weighted by atomic mass is 10.1. The van der Waals surface area contributed by atoms with Crippen LogP contribution < -0.4 is 0 Å². The first-order valence-electron chi connectivity index (χ1n) is 9.01. The van der Waals surface area contributed by atoms with Crippen molar-refractivity contribution in [2.75, 3.05) is 6.54 Å². The Balaban J connectivity index is 1.74. The van der Waals surface area contributed by atoms with Gasteiger partial charge in [-0.3, -0.25) is 19.3 Å². The van der Waals surface area contributed by atoms with Crippen LogP contribution in [-0.4, -0.2) is 38.2 Å². The average molecular weight is 417 g/mol. The van der Waals surface area contributed by atoms with Crippen molar-refractivity contribution in [2.45, 2.75) is 6.54 Å². The zero-order chi connectivity index (χ0) is 21.3. The summed E-state index contributed by atoms with van der Waals surface area (Å²) < 4.78 is 1.98. The van der Waals surface area contributed by atoms with Crippen LogP contribution in [-0.2, 0) is 16.1 Å². The first-order chi connectivity index (χ1) is 14.5. The maximum absolute atomic E-state index is 12.5. The number of thioether (sulfide) groups is 1. The van der Waals surface area contributed by atoms with Gasteiger partial charge >= 0.3 is 5.97 Å². The van der Waals surface area contributed by atoms with E-state index in [1.54, 1.807) is 12.1 Å². The van der Waals surface area contributed by atoms with E-state index in [1.165, 1.54) is 0 Å². The van der Waals surface area contributed by atoms with Crippen molar-refractivity contribution in [2.24, 2.45) is 0 Å². The van der Waals surface area contributed by atoms with Crippen molar-refractivity contribution in [3.05, 3.63) is 76.3 Å². The number of para-hydroxylation sites is 1. The van der Waals surface area contributed by atoms with Crippen LogP contribution in [0.5, 0.6) is 0 Å². The summed E-state index contributed by atoms with van der Waals surface area (Å²) in [5.41, 5.74) is 3.11. The molecule has 1 aromatic heterocycles. The monoisotopic (exact) mass is 417 g/mol. The fourth-order valence-electron chi connectivity index (χ4n) is 3.38. The van der Waals surface area contributed by atoms with E-state index in [0.717, 1.165) is 38.7 Å². The van der Waals surface area contributed by atoms with Gasteiger partial charge in [-0.25, -0.2) is 0 Å². The van der Waals surface area contributed by atoms with Crippen LogP contribution in [0.2, 0.25) is 0 Å². The number of carbonyl (C=O) groups excluding carboxylic acids is 2. The highest BCUT2D eigenvalue weighted by molar-refractivity contribution is 8.18. The normalized spacial score (nSPS) is 15.2. The van der Waals surface area contributed by atoms with Gasteiger partial charge in [-0.1, -0.05) is 36.4 Å². The summed E-state index contributed by atoms with van der Waals surface area (Å²) in [7, 11) is 0. The van der Waals surface area contributed by atoms with Gasteiger partial charge in [0.05, 0.1) is 16.5 Å². The summed E-state index contributed by atoms with van der Waals surface area (Å²) in [6, 6.07) is 17.2. The van der Waals surface area contributed by atoms with Crippen LogP contribution >= 0.6 is 11.8 Å². The summed E-state index contributed by atoms with van der Waals surface area (Å²) in [5.74, 6) is -1.86. The first kappa shape index (κ1) is 19.5. The van der Waals surface area contributed by atoms with Crippen LogP contribution in [0, 0.1) is 11.3 Å². The number of nitriles is 1. The van der Waals surface area contributed by atoms with Crippen LogP contribution in [0.1, 0.15) is 16.7 Å². The maximum atomic E-state index is 12.5. The van der Waals surface area contributed by atoms with E-state index >= 15 is 0 Å². The van der Waals surface area contributed by atoms with Gasteiger partial charge in [0.1, 0.15) is 6.54 Å². The van der Waals surface area contributed by atoms with Crippen molar-refractivity contribution in [1.82, 2.24) is 9.47 Å². The molecule has 148 valence electrons. The van der Waals surface area contributed by atoms with Gasteiger partial charge in [0, 0.05) is 29.2 Å². The minimum absolute atomic E-state index is 0.182. The quantitative estimate of drug-likeness (QED) is 0.635. The average Bonchev–Trinajstić information content (AvgIpc) is 3.21. The number of hydrogen-bond donors (Lipinski definition) is 1. The minimum atomic E-state index is -1.24. The van der Waals surface area contributed by atoms with E-state index in [9.17, 15) is 19.6 Å². The second kappa shape index (κ2) is 7.89. The molecule has 1 N–H and O–H groups in total. The van der Waals surface area contributed by atoms with Crippen molar-refractivity contribution < 1.29 is 19.5 Å². The number of rotatable bonds is 5. The number of carbonyl (C=O) groups is 3. The number of imide groups is 1. The van der Waals surface area contributed by atoms with Gasteiger partial charge in [0.2, 0.25) is 0 Å². The molecule has 0 aliphatic carbocycles. The molecule has 0 radical (unpaired) electrons. The Bertz CT molecular complexity index is 1270. The molecule has 2 amide bonds. The summed E-state index contributed by atoms with van der Waals surface area (Å²) in [5, 5.41) is 18.6. The zero-order valence-corrected chi connectivity index (χ0v) is 16.4. The third kappa shape index (κ3) is 3.58. The molecule has 0 bridgehead atoms. The topological polar surface area (TPSA) is 103 Å². The van der Waals surface area contributed by atoms with E-state index in [1.807, 2.05) is 53.2 Å². The number of hydrogen-bond acceptors (Lipinski definition) is 5. The van der Waals surface area contributed by atoms with E-state index in [-0.39, 0.29) is 4.91 Å². The Labute approximate surface area is 175 Å². The Kier molecular flexibility index (Phi) is 5.12. The van der Waals surface area contributed by atoms with Gasteiger partial charge < -0.3 is 9.67 Å². The molecule has 2 heterocycles. The van der Waals surface area contributed by atoms with Crippen LogP contribution in [0.25, 0.3) is 17.0 Å². The molecular weight excluding hydrogens is 402 g/mol. The molecule has 30 heavy (non-hydrogen) atoms. The molecule has 0 atom stereocenters. The summed E-state index contributed by atoms with van der Waals surface area (Å²) in [6.45, 7) is -0.187. The summed E-state index contributed by atoms with van der Waals surface area (Å²) >= 11 is 0.729. The third-order valence-corrected chi connectivity index (χ3v) is 5.66. The number of aliphatic carboxylic acids is 1. The molecule has 0 saturated carbocycles. The van der Waals surface area contributed by atoms with Gasteiger partial charge in [0.25, 0.3) is 11.1 Å². The number of amides is 2. The van der Waals surface area contributed by atoms with Crippen molar-refractivity contribution in [3.63, 3.8) is 0 Å². The largest absolute Gasteiger partial charge is 0.480 e. The van der Waals surface area contributed by atoms with Gasteiger partial charge in [0.15, 0.2) is 0 Å². The molecule has 1 aliphatic rings. The second-order valence-corrected chi connectivity index (χ2v) is 7.65. The van der Waals surface area contributed by atoms with Crippen molar-refractivity contribution in [3.8, 4) is 6.07 Å². The second-order valence-electron chi connectivity index (χ2n) is 6.66. The molecule has 1 aliphatic heterocycles. The summed E-state index contributed by atoms with van der Waals surface area (Å²) in [4.78, 5) is 36.3. The molecule has 0 unspecified atom stereocenters. The smallest absolute Gasteiger partial charge is 0.323 e. The van der Waals surface area contributed by atoms with Gasteiger partial charge in [-0.15, -0.1) is 0 Å². The van der Waals surface area contributed by atoms with Crippen molar-refractivity contribution >= 4 is 45.9 Å². The van der Waals surface area contributed by atoms with Crippen LogP contribution in [0.3, 0.4) is 0 Å². The number of carboxylic acid groups (broad SMARTS) is 1. The standard InChI is InChI=1S/C22H15N3O4S/c23-10-14-5-1-2-6-15(14)11-24-12-16(17-7-3-4-8-18(17)24)9-19-21(28)25(13-20(26)27)22(29)30-19/h1-9,12H,11,13H2,(H,26,27)/b19-9+. The molecule has 1 saturated heterocycles. The van der Waals surface area contributed by atoms with Crippen LogP contribution in [0.4, 0.5) is 4.79 Å². The summed E-state index contributed by atoms with van der Waals surface area (Å²) in [6.07, 6.45) is 3.48. The number of nitrogens with zero attached hydrogens (tertiary/aromatic N) is 3. The predicted molar refractivity (Wildman–Crippen MR) is 113 cm³/mol. The first-order valence-corrected chi connectivity index (χ1v) is 9.82. The highest BCUT2D eigenvalue weighted by Gasteiger charge is 2.36. The van der Waals surface area contributed by atoms with E-state index < -0.39 is 23.7 Å². The molecule has 0 spiro atoms. The number of carboxylic acids is 1. The van der Waals surface area contributed by atoms with Gasteiger partial charge in [-0.2, -0.15) is 5.26 Å². The lowest BCUT2D eigenvalue weighted by Gasteiger charge is -2.07. The molecule has 4 rings (SSSR count). The molecule has 8 heteroatoms. The highest BCUT2D eigenvalue weighted by atomic mass is 32.2. The molecular formula is C22H15N3O4S. The lowest BCUT2D eigenvalue weighted by Crippen LogP contribution is -2.33. The number of benzene rings is 2. The Morgan fingerprint density at radius 1 is 1.13 bits per heavy atom. The molecule has 1 fully saturated rings. The van der Waals surface area contributed by atoms with Crippen LogP contribution in [0.15, 0.2) is 59.6 Å². The number of fused-ring (bicyclic) bond motifs is 1. The minimum Gasteiger partial charge on any atom is -0.480 e. The Morgan fingerprint density at radius 3 is 2.63 bits per heavy atom. The molecule has 2 aromatic carbocycles. The Hall–Kier alpha value is -3.83. The van der Waals surface area contributed by atoms with Gasteiger partial charge in [-0.05, 0) is 35.5 Å². The fourth-order valence-corrected chi connectivity index (χ4v) is 4.21. The number of aromatic nitrogens is 1. The highest BCUT2D eigenvalue weighted by Crippen LogP contribution is 2.34. The molecule has 3 aromatic rings. The van der Waals surface area contributed by atoms with E-state index in [4.69, 9.17) is 5.11 Å². The third-order valence-electron chi connectivity index (χ3n) is 4.75. The molecule has 7 nitrogen and oxygen atoms in total. The van der Waals surface area contributed by atoms with E-state index in [2.05, 4.69) is 6.07 Å². The Morgan fingerprint density at radius 2 is 1.87 bits per heavy atom. The van der Waals surface area contributed by atoms with E-state index in [0.29, 0.717) is 12.1 Å². The lowest BCUT2D eigenvalue weighted by molar-refractivity contribution is -0.140. The zero-order valence-electron chi connectivity index (χ0n) is 15.6. The predicted octanol–water partition coefficient (Wildman–Crippen LogP) is 3.68. The SMILES string of the molecule is N#Cc1ccccc1Cn1cc(/C=C2/SC(=O)N(CC(=O)O)C2=O)c2ccccc21. The maximum Gasteiger partial charge on any atom is 0.323 e.